The highest BCUT2D eigenvalue weighted by Gasteiger charge is 2.31. The van der Waals surface area contributed by atoms with E-state index in [2.05, 4.69) is 25.9 Å². The number of nitrogens with one attached hydrogen (secondary N) is 4. The zero-order chi connectivity index (χ0) is 31.2. The number of phenolic OH excluding ortho intramolecular Hbond substituents is 1. The molecule has 230 valence electrons. The van der Waals surface area contributed by atoms with Crippen LogP contribution in [0, 0.1) is 0 Å². The van der Waals surface area contributed by atoms with Crippen LogP contribution in [0.1, 0.15) is 36.1 Å². The lowest BCUT2D eigenvalue weighted by molar-refractivity contribution is -0.142. The summed E-state index contributed by atoms with van der Waals surface area (Å²) >= 11 is 0. The van der Waals surface area contributed by atoms with Crippen LogP contribution >= 0.6 is 0 Å². The van der Waals surface area contributed by atoms with Gasteiger partial charge in [0.2, 0.25) is 17.7 Å². The monoisotopic (exact) mass is 593 g/mol. The number of aromatic hydroxyl groups is 1. The Morgan fingerprint density at radius 1 is 0.791 bits per heavy atom. The van der Waals surface area contributed by atoms with Gasteiger partial charge in [-0.2, -0.15) is 0 Å². The molecule has 2 aromatic carbocycles. The minimum absolute atomic E-state index is 0.0138. The first-order valence-electron chi connectivity index (χ1n) is 14.0. The van der Waals surface area contributed by atoms with Crippen LogP contribution in [-0.4, -0.2) is 74.6 Å². The second kappa shape index (κ2) is 16.6. The van der Waals surface area contributed by atoms with E-state index in [9.17, 15) is 29.4 Å². The summed E-state index contributed by atoms with van der Waals surface area (Å²) in [6.07, 6.45) is 4.51. The molecular weight excluding hydrogens is 554 g/mol. The van der Waals surface area contributed by atoms with Gasteiger partial charge in [0, 0.05) is 24.7 Å². The number of aliphatic carboxylic acids is 1. The van der Waals surface area contributed by atoms with E-state index in [-0.39, 0.29) is 31.4 Å². The molecule has 0 fully saturated rings. The summed E-state index contributed by atoms with van der Waals surface area (Å²) in [5, 5.41) is 27.2. The predicted octanol–water partition coefficient (Wildman–Crippen LogP) is 0.139. The Morgan fingerprint density at radius 3 is 2.05 bits per heavy atom. The molecule has 0 bridgehead atoms. The summed E-state index contributed by atoms with van der Waals surface area (Å²) in [6.45, 7) is 0.401. The lowest BCUT2D eigenvalue weighted by atomic mass is 10.0. The highest BCUT2D eigenvalue weighted by atomic mass is 16.4. The first-order chi connectivity index (χ1) is 20.7. The number of imidazole rings is 1. The first-order valence-corrected chi connectivity index (χ1v) is 14.0. The maximum atomic E-state index is 13.5. The van der Waals surface area contributed by atoms with E-state index in [0.717, 1.165) is 5.56 Å². The summed E-state index contributed by atoms with van der Waals surface area (Å²) in [5.41, 5.74) is 13.7. The van der Waals surface area contributed by atoms with E-state index in [1.165, 1.54) is 24.7 Å². The van der Waals surface area contributed by atoms with Crippen molar-refractivity contribution < 1.29 is 29.4 Å². The Labute approximate surface area is 249 Å². The number of phenols is 1. The van der Waals surface area contributed by atoms with E-state index < -0.39 is 47.9 Å². The summed E-state index contributed by atoms with van der Waals surface area (Å²) < 4.78 is 0. The molecular formula is C30H39N7O6. The van der Waals surface area contributed by atoms with Crippen molar-refractivity contribution in [2.75, 3.05) is 6.54 Å². The number of aromatic nitrogens is 2. The lowest BCUT2D eigenvalue weighted by Gasteiger charge is -2.25. The van der Waals surface area contributed by atoms with Crippen molar-refractivity contribution >= 4 is 23.7 Å². The van der Waals surface area contributed by atoms with Gasteiger partial charge in [0.25, 0.3) is 0 Å². The highest BCUT2D eigenvalue weighted by Crippen LogP contribution is 2.12. The Balaban J connectivity index is 1.74. The predicted molar refractivity (Wildman–Crippen MR) is 159 cm³/mol. The van der Waals surface area contributed by atoms with Crippen LogP contribution in [0.5, 0.6) is 5.75 Å². The highest BCUT2D eigenvalue weighted by molar-refractivity contribution is 5.94. The Hall–Kier alpha value is -4.75. The number of carbonyl (C=O) groups is 4. The van der Waals surface area contributed by atoms with Crippen LogP contribution in [0.3, 0.4) is 0 Å². The van der Waals surface area contributed by atoms with E-state index in [1.807, 2.05) is 30.3 Å². The van der Waals surface area contributed by atoms with Crippen LogP contribution in [-0.2, 0) is 38.4 Å². The largest absolute Gasteiger partial charge is 0.508 e. The molecule has 13 nitrogen and oxygen atoms in total. The maximum Gasteiger partial charge on any atom is 0.326 e. The van der Waals surface area contributed by atoms with Crippen LogP contribution in [0.2, 0.25) is 0 Å². The normalized spacial score (nSPS) is 13.7. The smallest absolute Gasteiger partial charge is 0.326 e. The number of aromatic amines is 1. The maximum absolute atomic E-state index is 13.5. The zero-order valence-corrected chi connectivity index (χ0v) is 23.7. The summed E-state index contributed by atoms with van der Waals surface area (Å²) in [7, 11) is 0. The average Bonchev–Trinajstić information content (AvgIpc) is 3.50. The number of hydrogen-bond acceptors (Lipinski definition) is 8. The number of carbonyl (C=O) groups excluding carboxylic acids is 3. The van der Waals surface area contributed by atoms with Crippen molar-refractivity contribution in [2.24, 2.45) is 11.5 Å². The van der Waals surface area contributed by atoms with Crippen LogP contribution in [0.4, 0.5) is 0 Å². The van der Waals surface area contributed by atoms with Gasteiger partial charge in [-0.25, -0.2) is 9.78 Å². The van der Waals surface area contributed by atoms with E-state index in [4.69, 9.17) is 11.5 Å². The van der Waals surface area contributed by atoms with E-state index >= 15 is 0 Å². The molecule has 4 unspecified atom stereocenters. The van der Waals surface area contributed by atoms with Crippen molar-refractivity contribution in [1.29, 1.82) is 0 Å². The number of carboxylic acids is 1. The quantitative estimate of drug-likeness (QED) is 0.0995. The van der Waals surface area contributed by atoms with Gasteiger partial charge in [0.15, 0.2) is 0 Å². The average molecular weight is 594 g/mol. The second-order valence-corrected chi connectivity index (χ2v) is 10.3. The molecule has 0 saturated heterocycles. The number of rotatable bonds is 17. The van der Waals surface area contributed by atoms with Crippen molar-refractivity contribution in [3.63, 3.8) is 0 Å². The fourth-order valence-corrected chi connectivity index (χ4v) is 4.44. The number of hydrogen-bond donors (Lipinski definition) is 8. The third-order valence-corrected chi connectivity index (χ3v) is 6.82. The molecule has 10 N–H and O–H groups in total. The van der Waals surface area contributed by atoms with Crippen LogP contribution < -0.4 is 27.4 Å². The number of carboxylic acid groups (broad SMARTS) is 1. The molecule has 4 atom stereocenters. The van der Waals surface area contributed by atoms with Gasteiger partial charge in [-0.15, -0.1) is 0 Å². The minimum Gasteiger partial charge on any atom is -0.508 e. The summed E-state index contributed by atoms with van der Waals surface area (Å²) in [5.74, 6) is -3.13. The lowest BCUT2D eigenvalue weighted by Crippen LogP contribution is -2.58. The van der Waals surface area contributed by atoms with Crippen LogP contribution in [0.25, 0.3) is 0 Å². The van der Waals surface area contributed by atoms with Crippen LogP contribution in [0.15, 0.2) is 67.1 Å². The molecule has 1 heterocycles. The van der Waals surface area contributed by atoms with Gasteiger partial charge < -0.3 is 42.6 Å². The number of amides is 3. The van der Waals surface area contributed by atoms with Crippen molar-refractivity contribution in [2.45, 2.75) is 62.7 Å². The zero-order valence-electron chi connectivity index (χ0n) is 23.7. The molecule has 3 rings (SSSR count). The molecule has 3 amide bonds. The van der Waals surface area contributed by atoms with Gasteiger partial charge in [-0.05, 0) is 55.5 Å². The fraction of sp³-hybridized carbons (Fsp3) is 0.367. The minimum atomic E-state index is -1.31. The Kier molecular flexibility index (Phi) is 12.7. The van der Waals surface area contributed by atoms with E-state index in [0.29, 0.717) is 30.6 Å². The number of benzene rings is 2. The topological polar surface area (TPSA) is 226 Å². The van der Waals surface area contributed by atoms with Gasteiger partial charge in [0.05, 0.1) is 12.4 Å². The van der Waals surface area contributed by atoms with Gasteiger partial charge in [-0.3, -0.25) is 14.4 Å². The second-order valence-electron chi connectivity index (χ2n) is 10.3. The van der Waals surface area contributed by atoms with Crippen molar-refractivity contribution in [3.05, 3.63) is 83.9 Å². The molecule has 43 heavy (non-hydrogen) atoms. The first kappa shape index (κ1) is 32.8. The molecule has 3 aromatic rings. The van der Waals surface area contributed by atoms with Gasteiger partial charge in [-0.1, -0.05) is 42.5 Å². The molecule has 0 aliphatic carbocycles. The molecule has 0 saturated carbocycles. The van der Waals surface area contributed by atoms with E-state index in [1.54, 1.807) is 12.1 Å². The molecule has 0 aliphatic heterocycles. The molecule has 0 aliphatic rings. The molecule has 1 aromatic heterocycles. The van der Waals surface area contributed by atoms with Gasteiger partial charge >= 0.3 is 5.97 Å². The molecule has 0 radical (unpaired) electrons. The third-order valence-electron chi connectivity index (χ3n) is 6.82. The molecule has 0 spiro atoms. The van der Waals surface area contributed by atoms with Crippen molar-refractivity contribution in [1.82, 2.24) is 25.9 Å². The third kappa shape index (κ3) is 10.9. The fourth-order valence-electron chi connectivity index (χ4n) is 4.44. The number of H-pyrrole nitrogens is 1. The standard InChI is InChI=1S/C30H39N7O6/c31-13-5-4-8-24(35-27(39)23(32)14-19-6-2-1-3-7-19)28(40)36-25(16-21-17-33-18-34-21)29(41)37-26(30(42)43)15-20-9-11-22(38)12-10-20/h1-3,6-7,9-12,17-18,23-26,38H,4-5,8,13-16,31-32H2,(H,33,34)(H,35,39)(H,36,40)(H,37,41)(H,42,43). The SMILES string of the molecule is NCCCCC(NC(=O)C(N)Cc1ccccc1)C(=O)NC(Cc1cnc[nH]1)C(=O)NC(Cc1ccc(O)cc1)C(=O)O. The summed E-state index contributed by atoms with van der Waals surface area (Å²) in [6, 6.07) is 10.8. The molecule has 13 heteroatoms. The Morgan fingerprint density at radius 2 is 1.42 bits per heavy atom. The number of nitrogens with zero attached hydrogens (tertiary/aromatic N) is 1. The van der Waals surface area contributed by atoms with Gasteiger partial charge in [0.1, 0.15) is 23.9 Å². The number of unbranched alkanes of at least 4 members (excludes halogenated alkanes) is 1. The summed E-state index contributed by atoms with van der Waals surface area (Å²) in [4.78, 5) is 58.7. The Bertz CT molecular complexity index is 1320. The number of nitrogens with two attached hydrogens (primary N) is 2. The van der Waals surface area contributed by atoms with Crippen molar-refractivity contribution in [3.8, 4) is 5.75 Å².